The molecule has 0 bridgehead atoms. The number of anilines is 2. The van der Waals surface area contributed by atoms with Crippen LogP contribution in [-0.4, -0.2) is 17.6 Å². The Kier molecular flexibility index (Phi) is 4.39. The van der Waals surface area contributed by atoms with Crippen molar-refractivity contribution < 1.29 is 9.53 Å². The van der Waals surface area contributed by atoms with E-state index in [2.05, 4.69) is 10.3 Å². The van der Waals surface area contributed by atoms with Crippen LogP contribution in [0.3, 0.4) is 0 Å². The first kappa shape index (κ1) is 14.5. The van der Waals surface area contributed by atoms with E-state index in [-0.39, 0.29) is 5.97 Å². The van der Waals surface area contributed by atoms with E-state index in [1.54, 1.807) is 6.92 Å². The molecule has 1 heterocycles. The Morgan fingerprint density at radius 2 is 2.05 bits per heavy atom. The fourth-order valence-corrected chi connectivity index (χ4v) is 2.58. The number of carbonyl (C=O) groups is 1. The number of aromatic nitrogens is 1. The molecule has 0 aliphatic heterocycles. The van der Waals surface area contributed by atoms with Crippen LogP contribution in [0.25, 0.3) is 0 Å². The van der Waals surface area contributed by atoms with Crippen molar-refractivity contribution in [3.8, 4) is 0 Å². The van der Waals surface area contributed by atoms with Crippen LogP contribution in [0, 0.1) is 0 Å². The van der Waals surface area contributed by atoms with Crippen LogP contribution >= 0.6 is 11.3 Å². The van der Waals surface area contributed by atoms with E-state index >= 15 is 0 Å². The molecular weight excluding hydrogens is 272 g/mol. The van der Waals surface area contributed by atoms with E-state index in [1.165, 1.54) is 11.3 Å². The molecule has 0 spiro atoms. The van der Waals surface area contributed by atoms with Crippen LogP contribution in [0.2, 0.25) is 0 Å². The molecule has 5 heteroatoms. The Labute approximate surface area is 122 Å². The van der Waals surface area contributed by atoms with Gasteiger partial charge in [-0.25, -0.2) is 4.98 Å². The number of thiazole rings is 1. The number of benzene rings is 1. The second-order valence-corrected chi connectivity index (χ2v) is 5.73. The molecule has 4 nitrogen and oxygen atoms in total. The molecule has 0 aliphatic carbocycles. The smallest absolute Gasteiger partial charge is 0.317 e. The van der Waals surface area contributed by atoms with Crippen molar-refractivity contribution in [2.45, 2.75) is 26.2 Å². The van der Waals surface area contributed by atoms with Crippen molar-refractivity contribution in [2.24, 2.45) is 0 Å². The minimum Gasteiger partial charge on any atom is -0.465 e. The van der Waals surface area contributed by atoms with E-state index in [0.29, 0.717) is 6.61 Å². The van der Waals surface area contributed by atoms with Crippen LogP contribution in [0.15, 0.2) is 35.7 Å². The molecule has 106 valence electrons. The van der Waals surface area contributed by atoms with Crippen LogP contribution in [-0.2, 0) is 14.9 Å². The average Bonchev–Trinajstić information content (AvgIpc) is 2.89. The molecule has 0 radical (unpaired) electrons. The summed E-state index contributed by atoms with van der Waals surface area (Å²) in [4.78, 5) is 16.4. The first-order valence-corrected chi connectivity index (χ1v) is 7.37. The highest BCUT2D eigenvalue weighted by Crippen LogP contribution is 2.29. The molecule has 0 saturated carbocycles. The van der Waals surface area contributed by atoms with E-state index in [0.717, 1.165) is 16.5 Å². The number of ether oxygens (including phenoxy) is 1. The SMILES string of the molecule is CCOC(=O)C(C)(C)c1csc(Nc2ccccc2)n1. The fraction of sp³-hybridized carbons (Fsp3) is 0.333. The normalized spacial score (nSPS) is 11.2. The topological polar surface area (TPSA) is 51.2 Å². The number of esters is 1. The van der Waals surface area contributed by atoms with Gasteiger partial charge in [0.1, 0.15) is 5.41 Å². The highest BCUT2D eigenvalue weighted by molar-refractivity contribution is 7.13. The van der Waals surface area contributed by atoms with Crippen molar-refractivity contribution in [1.29, 1.82) is 0 Å². The van der Waals surface area contributed by atoms with Crippen LogP contribution < -0.4 is 5.32 Å². The van der Waals surface area contributed by atoms with Crippen molar-refractivity contribution in [3.63, 3.8) is 0 Å². The number of rotatable bonds is 5. The Morgan fingerprint density at radius 1 is 1.35 bits per heavy atom. The lowest BCUT2D eigenvalue weighted by Gasteiger charge is -2.19. The zero-order valence-electron chi connectivity index (χ0n) is 11.8. The lowest BCUT2D eigenvalue weighted by Crippen LogP contribution is -2.31. The van der Waals surface area contributed by atoms with Gasteiger partial charge in [0.2, 0.25) is 0 Å². The summed E-state index contributed by atoms with van der Waals surface area (Å²) < 4.78 is 5.09. The summed E-state index contributed by atoms with van der Waals surface area (Å²) in [7, 11) is 0. The Balaban J connectivity index is 2.14. The third kappa shape index (κ3) is 3.17. The van der Waals surface area contributed by atoms with Gasteiger partial charge in [0, 0.05) is 11.1 Å². The first-order chi connectivity index (χ1) is 9.54. The molecular formula is C15H18N2O2S. The highest BCUT2D eigenvalue weighted by Gasteiger charge is 2.33. The summed E-state index contributed by atoms with van der Waals surface area (Å²) >= 11 is 1.48. The summed E-state index contributed by atoms with van der Waals surface area (Å²) in [5, 5.41) is 5.88. The number of hydrogen-bond donors (Lipinski definition) is 1. The van der Waals surface area contributed by atoms with Gasteiger partial charge >= 0.3 is 5.97 Å². The molecule has 0 saturated heterocycles. The molecule has 1 N–H and O–H groups in total. The molecule has 1 aromatic heterocycles. The second kappa shape index (κ2) is 6.05. The van der Waals surface area contributed by atoms with Gasteiger partial charge in [-0.15, -0.1) is 11.3 Å². The van der Waals surface area contributed by atoms with Gasteiger partial charge in [-0.2, -0.15) is 0 Å². The summed E-state index contributed by atoms with van der Waals surface area (Å²) in [6, 6.07) is 9.82. The molecule has 0 fully saturated rings. The van der Waals surface area contributed by atoms with Crippen molar-refractivity contribution in [2.75, 3.05) is 11.9 Å². The third-order valence-corrected chi connectivity index (χ3v) is 3.71. The number of carbonyl (C=O) groups excluding carboxylic acids is 1. The summed E-state index contributed by atoms with van der Waals surface area (Å²) in [5.74, 6) is -0.253. The van der Waals surface area contributed by atoms with Gasteiger partial charge < -0.3 is 10.1 Å². The third-order valence-electron chi connectivity index (χ3n) is 2.96. The van der Waals surface area contributed by atoms with Gasteiger partial charge in [-0.3, -0.25) is 4.79 Å². The molecule has 1 aromatic carbocycles. The van der Waals surface area contributed by atoms with Gasteiger partial charge in [0.05, 0.1) is 12.3 Å². The van der Waals surface area contributed by atoms with Crippen LogP contribution in [0.5, 0.6) is 0 Å². The van der Waals surface area contributed by atoms with Crippen molar-refractivity contribution in [1.82, 2.24) is 4.98 Å². The monoisotopic (exact) mass is 290 g/mol. The molecule has 20 heavy (non-hydrogen) atoms. The first-order valence-electron chi connectivity index (χ1n) is 6.49. The highest BCUT2D eigenvalue weighted by atomic mass is 32.1. The number of nitrogens with one attached hydrogen (secondary N) is 1. The maximum atomic E-state index is 12.0. The minimum atomic E-state index is -0.733. The zero-order valence-corrected chi connectivity index (χ0v) is 12.7. The molecule has 0 atom stereocenters. The lowest BCUT2D eigenvalue weighted by atomic mass is 9.90. The van der Waals surface area contributed by atoms with Crippen LogP contribution in [0.4, 0.5) is 10.8 Å². The van der Waals surface area contributed by atoms with Gasteiger partial charge in [-0.05, 0) is 32.9 Å². The summed E-state index contributed by atoms with van der Waals surface area (Å²) in [6.45, 7) is 5.83. The average molecular weight is 290 g/mol. The molecule has 0 aliphatic rings. The number of para-hydroxylation sites is 1. The Morgan fingerprint density at radius 3 is 2.70 bits per heavy atom. The largest absolute Gasteiger partial charge is 0.465 e. The maximum absolute atomic E-state index is 12.0. The van der Waals surface area contributed by atoms with E-state index in [9.17, 15) is 4.79 Å². The molecule has 0 unspecified atom stereocenters. The molecule has 2 aromatic rings. The Bertz CT molecular complexity index is 579. The van der Waals surface area contributed by atoms with Gasteiger partial charge in [0.15, 0.2) is 5.13 Å². The minimum absolute atomic E-state index is 0.253. The van der Waals surface area contributed by atoms with E-state index in [1.807, 2.05) is 49.6 Å². The summed E-state index contributed by atoms with van der Waals surface area (Å²) in [5.41, 5.74) is 0.963. The van der Waals surface area contributed by atoms with E-state index in [4.69, 9.17) is 4.74 Å². The number of nitrogens with zero attached hydrogens (tertiary/aromatic N) is 1. The fourth-order valence-electron chi connectivity index (χ4n) is 1.68. The quantitative estimate of drug-likeness (QED) is 0.853. The number of hydrogen-bond acceptors (Lipinski definition) is 5. The summed E-state index contributed by atoms with van der Waals surface area (Å²) in [6.07, 6.45) is 0. The van der Waals surface area contributed by atoms with Gasteiger partial charge in [0.25, 0.3) is 0 Å². The van der Waals surface area contributed by atoms with Crippen molar-refractivity contribution >= 4 is 28.1 Å². The van der Waals surface area contributed by atoms with Crippen LogP contribution in [0.1, 0.15) is 26.5 Å². The molecule has 0 amide bonds. The van der Waals surface area contributed by atoms with E-state index < -0.39 is 5.41 Å². The zero-order chi connectivity index (χ0) is 14.6. The van der Waals surface area contributed by atoms with Gasteiger partial charge in [-0.1, -0.05) is 18.2 Å². The van der Waals surface area contributed by atoms with Crippen molar-refractivity contribution in [3.05, 3.63) is 41.4 Å². The second-order valence-electron chi connectivity index (χ2n) is 4.87. The predicted molar refractivity (Wildman–Crippen MR) is 81.5 cm³/mol. The maximum Gasteiger partial charge on any atom is 0.317 e. The predicted octanol–water partition coefficient (Wildman–Crippen LogP) is 3.73. The standard InChI is InChI=1S/C15H18N2O2S/c1-4-19-13(18)15(2,3)12-10-20-14(17-12)16-11-8-6-5-7-9-11/h5-10H,4H2,1-3H3,(H,16,17). The lowest BCUT2D eigenvalue weighted by molar-refractivity contribution is -0.148. The Hall–Kier alpha value is -1.88. The molecule has 2 rings (SSSR count).